The Morgan fingerprint density at radius 3 is 2.58 bits per heavy atom. The predicted octanol–water partition coefficient (Wildman–Crippen LogP) is 2.67. The number of pyridine rings is 1. The van der Waals surface area contributed by atoms with Gasteiger partial charge in [0, 0.05) is 24.4 Å². The molecule has 1 aromatic heterocycles. The van der Waals surface area contributed by atoms with Crippen molar-refractivity contribution in [3.05, 3.63) is 58.4 Å². The Balaban J connectivity index is 2.11. The zero-order valence-electron chi connectivity index (χ0n) is 13.4. The first kappa shape index (κ1) is 17.9. The number of methoxy groups -OCH3 is 1. The summed E-state index contributed by atoms with van der Waals surface area (Å²) in [4.78, 5) is 28.4. The summed E-state index contributed by atoms with van der Waals surface area (Å²) >= 11 is 5.94. The van der Waals surface area contributed by atoms with E-state index in [1.54, 1.807) is 37.4 Å². The quantitative estimate of drug-likeness (QED) is 0.787. The molecule has 0 spiro atoms. The van der Waals surface area contributed by atoms with Crippen LogP contribution in [0.1, 0.15) is 26.5 Å². The normalized spacial score (nSPS) is 10.3. The highest BCUT2D eigenvalue weighted by Gasteiger charge is 2.13. The van der Waals surface area contributed by atoms with Gasteiger partial charge in [0.05, 0.1) is 6.61 Å². The largest absolute Gasteiger partial charge is 0.383 e. The number of nitrogens with zero attached hydrogens (tertiary/aromatic N) is 1. The highest BCUT2D eigenvalue weighted by molar-refractivity contribution is 6.31. The summed E-state index contributed by atoms with van der Waals surface area (Å²) in [7, 11) is 1.55. The molecular formula is C17H18ClN3O3. The van der Waals surface area contributed by atoms with Gasteiger partial charge in [0.25, 0.3) is 11.8 Å². The number of aryl methyl sites for hydroxylation is 1. The Kier molecular flexibility index (Phi) is 6.28. The molecule has 0 aliphatic heterocycles. The Morgan fingerprint density at radius 1 is 1.17 bits per heavy atom. The van der Waals surface area contributed by atoms with Gasteiger partial charge in [-0.05, 0) is 36.8 Å². The summed E-state index contributed by atoms with van der Waals surface area (Å²) in [5.41, 5.74) is 1.79. The first-order chi connectivity index (χ1) is 11.5. The second-order valence-corrected chi connectivity index (χ2v) is 5.51. The van der Waals surface area contributed by atoms with Gasteiger partial charge in [-0.3, -0.25) is 9.59 Å². The molecular weight excluding hydrogens is 330 g/mol. The van der Waals surface area contributed by atoms with Crippen LogP contribution in [-0.2, 0) is 4.74 Å². The number of halogens is 1. The van der Waals surface area contributed by atoms with Gasteiger partial charge in [-0.15, -0.1) is 0 Å². The van der Waals surface area contributed by atoms with Gasteiger partial charge >= 0.3 is 0 Å². The molecule has 2 N–H and O–H groups in total. The van der Waals surface area contributed by atoms with Crippen molar-refractivity contribution in [2.24, 2.45) is 0 Å². The molecule has 126 valence electrons. The number of carbonyl (C=O) groups is 2. The van der Waals surface area contributed by atoms with E-state index in [1.165, 1.54) is 0 Å². The predicted molar refractivity (Wildman–Crippen MR) is 92.6 cm³/mol. The molecule has 0 unspecified atom stereocenters. The minimum absolute atomic E-state index is 0.147. The highest BCUT2D eigenvalue weighted by Crippen LogP contribution is 2.20. The van der Waals surface area contributed by atoms with Crippen molar-refractivity contribution < 1.29 is 14.3 Å². The lowest BCUT2D eigenvalue weighted by atomic mass is 10.2. The lowest BCUT2D eigenvalue weighted by Gasteiger charge is -2.09. The van der Waals surface area contributed by atoms with E-state index in [-0.39, 0.29) is 17.3 Å². The Bertz CT molecular complexity index is 750. The number of amides is 2. The molecule has 0 saturated heterocycles. The van der Waals surface area contributed by atoms with E-state index in [0.717, 1.165) is 5.56 Å². The third kappa shape index (κ3) is 4.78. The zero-order valence-corrected chi connectivity index (χ0v) is 14.2. The second-order valence-electron chi connectivity index (χ2n) is 5.07. The van der Waals surface area contributed by atoms with Crippen molar-refractivity contribution >= 4 is 29.1 Å². The van der Waals surface area contributed by atoms with E-state index in [2.05, 4.69) is 15.6 Å². The van der Waals surface area contributed by atoms with E-state index in [9.17, 15) is 9.59 Å². The third-order valence-electron chi connectivity index (χ3n) is 3.25. The van der Waals surface area contributed by atoms with Gasteiger partial charge in [0.15, 0.2) is 0 Å². The van der Waals surface area contributed by atoms with Crippen LogP contribution >= 0.6 is 11.6 Å². The van der Waals surface area contributed by atoms with Crippen molar-refractivity contribution in [1.29, 1.82) is 0 Å². The molecule has 2 rings (SSSR count). The average molecular weight is 348 g/mol. The van der Waals surface area contributed by atoms with Crippen molar-refractivity contribution in [3.63, 3.8) is 0 Å². The monoisotopic (exact) mass is 347 g/mol. The lowest BCUT2D eigenvalue weighted by molar-refractivity contribution is 0.0932. The first-order valence-corrected chi connectivity index (χ1v) is 7.70. The van der Waals surface area contributed by atoms with Crippen LogP contribution in [0.15, 0.2) is 36.4 Å². The van der Waals surface area contributed by atoms with Crippen LogP contribution < -0.4 is 10.6 Å². The summed E-state index contributed by atoms with van der Waals surface area (Å²) in [6.07, 6.45) is 0. The molecule has 7 heteroatoms. The van der Waals surface area contributed by atoms with E-state index >= 15 is 0 Å². The Hall–Kier alpha value is -2.44. The summed E-state index contributed by atoms with van der Waals surface area (Å²) < 4.78 is 4.87. The molecule has 1 heterocycles. The number of ether oxygens (including phenoxy) is 1. The number of nitrogens with one attached hydrogen (secondary N) is 2. The molecule has 1 aromatic carbocycles. The van der Waals surface area contributed by atoms with Crippen molar-refractivity contribution in [3.8, 4) is 0 Å². The smallest absolute Gasteiger partial charge is 0.274 e. The van der Waals surface area contributed by atoms with Gasteiger partial charge in [-0.2, -0.15) is 0 Å². The maximum Gasteiger partial charge on any atom is 0.274 e. The number of aromatic nitrogens is 1. The van der Waals surface area contributed by atoms with E-state index < -0.39 is 5.91 Å². The highest BCUT2D eigenvalue weighted by atomic mass is 35.5. The van der Waals surface area contributed by atoms with Gasteiger partial charge in [0.2, 0.25) is 0 Å². The van der Waals surface area contributed by atoms with Gasteiger partial charge < -0.3 is 15.4 Å². The SMILES string of the molecule is COCCNC(=O)c1cccc(C(=O)Nc2cc(Cl)ccc2C)n1. The van der Waals surface area contributed by atoms with Gasteiger partial charge in [0.1, 0.15) is 11.4 Å². The fourth-order valence-corrected chi connectivity index (χ4v) is 2.13. The minimum Gasteiger partial charge on any atom is -0.383 e. The number of anilines is 1. The van der Waals surface area contributed by atoms with Crippen LogP contribution in [0.3, 0.4) is 0 Å². The summed E-state index contributed by atoms with van der Waals surface area (Å²) in [5, 5.41) is 5.93. The number of rotatable bonds is 6. The fourth-order valence-electron chi connectivity index (χ4n) is 1.96. The second kappa shape index (κ2) is 8.42. The molecule has 0 atom stereocenters. The number of carbonyl (C=O) groups excluding carboxylic acids is 2. The molecule has 0 bridgehead atoms. The Labute approximate surface area is 145 Å². The number of hydrogen-bond acceptors (Lipinski definition) is 4. The fraction of sp³-hybridized carbons (Fsp3) is 0.235. The lowest BCUT2D eigenvalue weighted by Crippen LogP contribution is -2.28. The van der Waals surface area contributed by atoms with Gasteiger partial charge in [-0.25, -0.2) is 4.98 Å². The topological polar surface area (TPSA) is 80.3 Å². The van der Waals surface area contributed by atoms with E-state index in [0.29, 0.717) is 23.9 Å². The minimum atomic E-state index is -0.410. The standard InChI is InChI=1S/C17H18ClN3O3/c1-11-6-7-12(18)10-15(11)21-17(23)14-5-3-4-13(20-14)16(22)19-8-9-24-2/h3-7,10H,8-9H2,1-2H3,(H,19,22)(H,21,23). The van der Waals surface area contributed by atoms with Crippen molar-refractivity contribution in [1.82, 2.24) is 10.3 Å². The molecule has 2 amide bonds. The van der Waals surface area contributed by atoms with Crippen LogP contribution in [0.4, 0.5) is 5.69 Å². The van der Waals surface area contributed by atoms with Crippen LogP contribution in [0.25, 0.3) is 0 Å². The Morgan fingerprint density at radius 2 is 1.88 bits per heavy atom. The van der Waals surface area contributed by atoms with Crippen LogP contribution in [0.5, 0.6) is 0 Å². The zero-order chi connectivity index (χ0) is 17.5. The first-order valence-electron chi connectivity index (χ1n) is 7.33. The number of benzene rings is 1. The van der Waals surface area contributed by atoms with Crippen LogP contribution in [0, 0.1) is 6.92 Å². The maximum absolute atomic E-state index is 12.3. The number of hydrogen-bond donors (Lipinski definition) is 2. The van der Waals surface area contributed by atoms with Crippen molar-refractivity contribution in [2.45, 2.75) is 6.92 Å². The van der Waals surface area contributed by atoms with Crippen molar-refractivity contribution in [2.75, 3.05) is 25.6 Å². The van der Waals surface area contributed by atoms with Gasteiger partial charge in [-0.1, -0.05) is 23.7 Å². The van der Waals surface area contributed by atoms with E-state index in [4.69, 9.17) is 16.3 Å². The molecule has 2 aromatic rings. The van der Waals surface area contributed by atoms with E-state index in [1.807, 2.05) is 13.0 Å². The molecule has 0 aliphatic carbocycles. The average Bonchev–Trinajstić information content (AvgIpc) is 2.58. The van der Waals surface area contributed by atoms with Crippen LogP contribution in [-0.4, -0.2) is 37.1 Å². The molecule has 0 aliphatic rings. The summed E-state index contributed by atoms with van der Waals surface area (Å²) in [6.45, 7) is 2.63. The molecule has 0 radical (unpaired) electrons. The summed E-state index contributed by atoms with van der Waals surface area (Å²) in [5.74, 6) is -0.771. The maximum atomic E-state index is 12.3. The third-order valence-corrected chi connectivity index (χ3v) is 3.49. The molecule has 24 heavy (non-hydrogen) atoms. The van der Waals surface area contributed by atoms with Crippen LogP contribution in [0.2, 0.25) is 5.02 Å². The summed E-state index contributed by atoms with van der Waals surface area (Å²) in [6, 6.07) is 9.92. The molecule has 6 nitrogen and oxygen atoms in total. The molecule has 0 saturated carbocycles. The molecule has 0 fully saturated rings.